The number of nitrogen functional groups attached to an aromatic ring is 1. The zero-order chi connectivity index (χ0) is 15.4. The van der Waals surface area contributed by atoms with Gasteiger partial charge in [0.1, 0.15) is 6.54 Å². The first-order chi connectivity index (χ1) is 10.0. The van der Waals surface area contributed by atoms with Crippen molar-refractivity contribution in [3.05, 3.63) is 23.8 Å². The van der Waals surface area contributed by atoms with Crippen molar-refractivity contribution in [3.63, 3.8) is 0 Å². The number of anilines is 2. The zero-order valence-electron chi connectivity index (χ0n) is 12.7. The lowest BCUT2D eigenvalue weighted by Gasteiger charge is -2.23. The van der Waals surface area contributed by atoms with Crippen LogP contribution in [0.2, 0.25) is 0 Å². The Balaban J connectivity index is 2.21. The molecule has 2 rings (SSSR count). The van der Waals surface area contributed by atoms with Crippen molar-refractivity contribution in [2.45, 2.75) is 45.6 Å². The molecule has 1 unspecified atom stereocenters. The van der Waals surface area contributed by atoms with Crippen molar-refractivity contribution in [1.29, 1.82) is 0 Å². The fourth-order valence-corrected chi connectivity index (χ4v) is 2.51. The highest BCUT2D eigenvalue weighted by Gasteiger charge is 2.24. The van der Waals surface area contributed by atoms with E-state index < -0.39 is 0 Å². The molecular formula is C16H23N3O2. The Labute approximate surface area is 125 Å². The number of fused-ring (bicyclic) bond motifs is 1. The first-order valence-corrected chi connectivity index (χ1v) is 7.49. The van der Waals surface area contributed by atoms with Gasteiger partial charge < -0.3 is 16.0 Å². The van der Waals surface area contributed by atoms with E-state index in [-0.39, 0.29) is 24.4 Å². The predicted octanol–water partition coefficient (Wildman–Crippen LogP) is 1.85. The number of hydrogen-bond acceptors (Lipinski definition) is 3. The van der Waals surface area contributed by atoms with Crippen LogP contribution in [0, 0.1) is 0 Å². The van der Waals surface area contributed by atoms with Gasteiger partial charge in [-0.2, -0.15) is 0 Å². The Kier molecular flexibility index (Phi) is 4.83. The van der Waals surface area contributed by atoms with E-state index in [4.69, 9.17) is 5.73 Å². The topological polar surface area (TPSA) is 75.4 Å². The van der Waals surface area contributed by atoms with Gasteiger partial charge in [0.25, 0.3) is 0 Å². The highest BCUT2D eigenvalue weighted by molar-refractivity contribution is 6.00. The Hall–Kier alpha value is -2.04. The fourth-order valence-electron chi connectivity index (χ4n) is 2.51. The average molecular weight is 289 g/mol. The molecule has 0 bridgehead atoms. The SMILES string of the molecule is CCC(C)NC(=O)CN1C(=O)CCCc2cc(N)ccc21. The number of nitrogens with zero attached hydrogens (tertiary/aromatic N) is 1. The van der Waals surface area contributed by atoms with Gasteiger partial charge in [0.15, 0.2) is 0 Å². The summed E-state index contributed by atoms with van der Waals surface area (Å²) < 4.78 is 0. The average Bonchev–Trinajstić information content (AvgIpc) is 2.58. The minimum absolute atomic E-state index is 0.00202. The minimum Gasteiger partial charge on any atom is -0.399 e. The molecule has 1 aliphatic heterocycles. The van der Waals surface area contributed by atoms with E-state index in [0.717, 1.165) is 30.5 Å². The van der Waals surface area contributed by atoms with Crippen LogP contribution in [-0.2, 0) is 16.0 Å². The smallest absolute Gasteiger partial charge is 0.240 e. The number of carbonyl (C=O) groups is 2. The standard InChI is InChI=1S/C16H23N3O2/c1-3-11(2)18-15(20)10-19-14-8-7-13(17)9-12(14)5-4-6-16(19)21/h7-9,11H,3-6,10,17H2,1-2H3,(H,18,20). The van der Waals surface area contributed by atoms with Crippen LogP contribution in [0.25, 0.3) is 0 Å². The lowest BCUT2D eigenvalue weighted by molar-refractivity contribution is -0.124. The second kappa shape index (κ2) is 6.61. The molecule has 0 saturated heterocycles. The largest absolute Gasteiger partial charge is 0.399 e. The molecule has 2 amide bonds. The summed E-state index contributed by atoms with van der Waals surface area (Å²) in [4.78, 5) is 25.9. The summed E-state index contributed by atoms with van der Waals surface area (Å²) in [7, 11) is 0. The number of nitrogens with two attached hydrogens (primary N) is 1. The highest BCUT2D eigenvalue weighted by atomic mass is 16.2. The van der Waals surface area contributed by atoms with Crippen LogP contribution >= 0.6 is 0 Å². The minimum atomic E-state index is -0.123. The summed E-state index contributed by atoms with van der Waals surface area (Å²) in [6.07, 6.45) is 2.94. The van der Waals surface area contributed by atoms with Crippen LogP contribution in [0.4, 0.5) is 11.4 Å². The van der Waals surface area contributed by atoms with E-state index in [1.165, 1.54) is 0 Å². The summed E-state index contributed by atoms with van der Waals surface area (Å²) in [5.41, 5.74) is 8.35. The van der Waals surface area contributed by atoms with Gasteiger partial charge in [0.05, 0.1) is 0 Å². The number of hydrogen-bond donors (Lipinski definition) is 2. The molecule has 0 fully saturated rings. The van der Waals surface area contributed by atoms with E-state index in [1.807, 2.05) is 26.0 Å². The maximum Gasteiger partial charge on any atom is 0.240 e. The molecule has 1 atom stereocenters. The molecule has 1 aromatic carbocycles. The third-order valence-electron chi connectivity index (χ3n) is 3.85. The van der Waals surface area contributed by atoms with Gasteiger partial charge in [-0.3, -0.25) is 9.59 Å². The molecule has 21 heavy (non-hydrogen) atoms. The second-order valence-electron chi connectivity index (χ2n) is 5.60. The first kappa shape index (κ1) is 15.4. The van der Waals surface area contributed by atoms with E-state index in [1.54, 1.807) is 11.0 Å². The van der Waals surface area contributed by atoms with Crippen LogP contribution in [0.5, 0.6) is 0 Å². The number of amides is 2. The maximum atomic E-state index is 12.3. The molecule has 0 spiro atoms. The van der Waals surface area contributed by atoms with Crippen LogP contribution in [0.1, 0.15) is 38.7 Å². The van der Waals surface area contributed by atoms with Crippen LogP contribution in [-0.4, -0.2) is 24.4 Å². The summed E-state index contributed by atoms with van der Waals surface area (Å²) in [6.45, 7) is 4.04. The van der Waals surface area contributed by atoms with Crippen molar-refractivity contribution in [3.8, 4) is 0 Å². The first-order valence-electron chi connectivity index (χ1n) is 7.49. The summed E-state index contributed by atoms with van der Waals surface area (Å²) in [5, 5.41) is 2.90. The van der Waals surface area contributed by atoms with E-state index in [9.17, 15) is 9.59 Å². The Morgan fingerprint density at radius 2 is 2.19 bits per heavy atom. The van der Waals surface area contributed by atoms with E-state index >= 15 is 0 Å². The van der Waals surface area contributed by atoms with Gasteiger partial charge in [-0.15, -0.1) is 0 Å². The van der Waals surface area contributed by atoms with Crippen molar-refractivity contribution in [2.24, 2.45) is 0 Å². The maximum absolute atomic E-state index is 12.3. The summed E-state index contributed by atoms with van der Waals surface area (Å²) >= 11 is 0. The number of benzene rings is 1. The van der Waals surface area contributed by atoms with Crippen molar-refractivity contribution >= 4 is 23.2 Å². The Bertz CT molecular complexity index is 542. The molecule has 3 N–H and O–H groups in total. The van der Waals surface area contributed by atoms with E-state index in [0.29, 0.717) is 12.1 Å². The third-order valence-corrected chi connectivity index (χ3v) is 3.85. The Morgan fingerprint density at radius 1 is 1.43 bits per heavy atom. The van der Waals surface area contributed by atoms with Crippen molar-refractivity contribution in [2.75, 3.05) is 17.2 Å². The molecule has 1 aliphatic rings. The molecule has 5 heteroatoms. The monoisotopic (exact) mass is 289 g/mol. The van der Waals surface area contributed by atoms with Gasteiger partial charge in [-0.05, 0) is 49.9 Å². The van der Waals surface area contributed by atoms with E-state index in [2.05, 4.69) is 5.32 Å². The number of rotatable bonds is 4. The van der Waals surface area contributed by atoms with Gasteiger partial charge in [-0.25, -0.2) is 0 Å². The molecule has 5 nitrogen and oxygen atoms in total. The Morgan fingerprint density at radius 3 is 2.90 bits per heavy atom. The summed E-state index contributed by atoms with van der Waals surface area (Å²) in [5.74, 6) is -0.125. The van der Waals surface area contributed by atoms with Gasteiger partial charge in [-0.1, -0.05) is 6.92 Å². The highest BCUT2D eigenvalue weighted by Crippen LogP contribution is 2.28. The van der Waals surface area contributed by atoms with Crippen LogP contribution in [0.3, 0.4) is 0 Å². The molecule has 0 radical (unpaired) electrons. The second-order valence-corrected chi connectivity index (χ2v) is 5.60. The molecule has 114 valence electrons. The predicted molar refractivity (Wildman–Crippen MR) is 84.0 cm³/mol. The lowest BCUT2D eigenvalue weighted by atomic mass is 10.1. The van der Waals surface area contributed by atoms with Gasteiger partial charge in [0.2, 0.25) is 11.8 Å². The third kappa shape index (κ3) is 3.74. The van der Waals surface area contributed by atoms with Crippen LogP contribution < -0.4 is 16.0 Å². The molecule has 0 aliphatic carbocycles. The van der Waals surface area contributed by atoms with Gasteiger partial charge in [0, 0.05) is 23.8 Å². The van der Waals surface area contributed by atoms with Gasteiger partial charge >= 0.3 is 0 Å². The molecule has 0 aromatic heterocycles. The molecule has 1 heterocycles. The molecule has 0 saturated carbocycles. The normalized spacial score (nSPS) is 16.1. The zero-order valence-corrected chi connectivity index (χ0v) is 12.7. The lowest BCUT2D eigenvalue weighted by Crippen LogP contribution is -2.43. The number of aryl methyl sites for hydroxylation is 1. The molecular weight excluding hydrogens is 266 g/mol. The van der Waals surface area contributed by atoms with Crippen molar-refractivity contribution in [1.82, 2.24) is 5.32 Å². The summed E-state index contributed by atoms with van der Waals surface area (Å²) in [6, 6.07) is 5.63. The molecule has 1 aromatic rings. The number of carbonyl (C=O) groups excluding carboxylic acids is 2. The number of nitrogens with one attached hydrogen (secondary N) is 1. The van der Waals surface area contributed by atoms with Crippen LogP contribution in [0.15, 0.2) is 18.2 Å². The quantitative estimate of drug-likeness (QED) is 0.831. The van der Waals surface area contributed by atoms with Crippen molar-refractivity contribution < 1.29 is 9.59 Å². The fraction of sp³-hybridized carbons (Fsp3) is 0.500.